The third-order valence-corrected chi connectivity index (χ3v) is 3.65. The molecule has 0 spiro atoms. The number of carbonyl (C=O) groups is 2. The van der Waals surface area contributed by atoms with Gasteiger partial charge < -0.3 is 10.2 Å². The lowest BCUT2D eigenvalue weighted by molar-refractivity contribution is -0.115. The molecule has 1 aliphatic heterocycles. The minimum absolute atomic E-state index is 0.0671. The number of hydrogen-bond acceptors (Lipinski definition) is 2. The van der Waals surface area contributed by atoms with E-state index in [-0.39, 0.29) is 11.8 Å². The Bertz CT molecular complexity index is 709. The molecule has 1 heterocycles. The number of carbonyl (C=O) groups excluding carboxylic acids is 2. The first-order valence-electron chi connectivity index (χ1n) is 6.93. The van der Waals surface area contributed by atoms with Crippen LogP contribution in [0.3, 0.4) is 0 Å². The number of hydrogen-bond donors (Lipinski definition) is 1. The maximum absolute atomic E-state index is 12.8. The van der Waals surface area contributed by atoms with E-state index in [1.54, 1.807) is 4.90 Å². The average Bonchev–Trinajstić information content (AvgIpc) is 2.65. The van der Waals surface area contributed by atoms with Crippen molar-refractivity contribution in [1.82, 2.24) is 0 Å². The third-order valence-electron chi connectivity index (χ3n) is 3.65. The van der Waals surface area contributed by atoms with Crippen LogP contribution in [0.1, 0.15) is 22.3 Å². The zero-order valence-electron chi connectivity index (χ0n) is 11.8. The van der Waals surface area contributed by atoms with Gasteiger partial charge in [0.05, 0.1) is 11.4 Å². The second kappa shape index (κ2) is 5.40. The Morgan fingerprint density at radius 2 is 1.81 bits per heavy atom. The molecule has 4 nitrogen and oxygen atoms in total. The van der Waals surface area contributed by atoms with Crippen LogP contribution in [-0.4, -0.2) is 18.4 Å². The molecule has 0 fully saturated rings. The van der Waals surface area contributed by atoms with Crippen LogP contribution in [0.15, 0.2) is 48.5 Å². The third kappa shape index (κ3) is 2.52. The van der Waals surface area contributed by atoms with Crippen molar-refractivity contribution in [3.05, 3.63) is 59.7 Å². The summed E-state index contributed by atoms with van der Waals surface area (Å²) >= 11 is 0. The van der Waals surface area contributed by atoms with Crippen molar-refractivity contribution in [2.75, 3.05) is 16.8 Å². The molecular weight excluding hydrogens is 264 g/mol. The van der Waals surface area contributed by atoms with Crippen LogP contribution in [0.25, 0.3) is 0 Å². The van der Waals surface area contributed by atoms with Crippen LogP contribution < -0.4 is 10.2 Å². The summed E-state index contributed by atoms with van der Waals surface area (Å²) in [6, 6.07) is 14.9. The lowest BCUT2D eigenvalue weighted by Gasteiger charge is -2.22. The summed E-state index contributed by atoms with van der Waals surface area (Å²) in [7, 11) is 0. The maximum Gasteiger partial charge on any atom is 0.258 e. The average molecular weight is 280 g/mol. The van der Waals surface area contributed by atoms with Gasteiger partial charge in [-0.1, -0.05) is 30.3 Å². The molecule has 2 amide bonds. The van der Waals surface area contributed by atoms with E-state index in [0.717, 1.165) is 11.3 Å². The van der Waals surface area contributed by atoms with Gasteiger partial charge in [0.1, 0.15) is 0 Å². The molecule has 21 heavy (non-hydrogen) atoms. The zero-order valence-corrected chi connectivity index (χ0v) is 11.8. The molecule has 0 atom stereocenters. The number of fused-ring (bicyclic) bond motifs is 1. The number of amides is 2. The highest BCUT2D eigenvalue weighted by molar-refractivity contribution is 6.11. The maximum atomic E-state index is 12.8. The van der Waals surface area contributed by atoms with Crippen molar-refractivity contribution in [2.24, 2.45) is 0 Å². The second-order valence-corrected chi connectivity index (χ2v) is 5.09. The van der Waals surface area contributed by atoms with Gasteiger partial charge in [-0.05, 0) is 30.7 Å². The highest BCUT2D eigenvalue weighted by Gasteiger charge is 2.25. The molecule has 1 N–H and O–H groups in total. The minimum atomic E-state index is -0.0722. The van der Waals surface area contributed by atoms with Crippen molar-refractivity contribution in [2.45, 2.75) is 13.3 Å². The fraction of sp³-hybridized carbons (Fsp3) is 0.176. The van der Waals surface area contributed by atoms with E-state index in [1.807, 2.05) is 55.5 Å². The topological polar surface area (TPSA) is 49.4 Å². The summed E-state index contributed by atoms with van der Waals surface area (Å²) in [6.07, 6.45) is 0.298. The van der Waals surface area contributed by atoms with Gasteiger partial charge in [0, 0.05) is 18.5 Å². The van der Waals surface area contributed by atoms with Gasteiger partial charge >= 0.3 is 0 Å². The number of nitrogens with zero attached hydrogens (tertiary/aromatic N) is 1. The van der Waals surface area contributed by atoms with E-state index in [9.17, 15) is 9.59 Å². The summed E-state index contributed by atoms with van der Waals surface area (Å²) < 4.78 is 0. The molecule has 0 bridgehead atoms. The molecule has 3 rings (SSSR count). The largest absolute Gasteiger partial charge is 0.324 e. The molecule has 4 heteroatoms. The van der Waals surface area contributed by atoms with E-state index in [2.05, 4.69) is 5.32 Å². The van der Waals surface area contributed by atoms with Crippen LogP contribution in [-0.2, 0) is 4.79 Å². The standard InChI is InChI=1S/C17H16N2O2/c1-12-6-2-3-7-13(12)17(21)19-11-10-16(20)18-14-8-4-5-9-15(14)19/h2-9H,10-11H2,1H3,(H,18,20). The van der Waals surface area contributed by atoms with Crippen molar-refractivity contribution in [3.63, 3.8) is 0 Å². The van der Waals surface area contributed by atoms with Gasteiger partial charge in [-0.2, -0.15) is 0 Å². The number of nitrogens with one attached hydrogen (secondary N) is 1. The summed E-state index contributed by atoms with van der Waals surface area (Å²) in [5.41, 5.74) is 3.03. The Kier molecular flexibility index (Phi) is 3.44. The van der Waals surface area contributed by atoms with Gasteiger partial charge in [0.15, 0.2) is 0 Å². The van der Waals surface area contributed by atoms with E-state index in [0.29, 0.717) is 24.2 Å². The summed E-state index contributed by atoms with van der Waals surface area (Å²) in [6.45, 7) is 2.30. The lowest BCUT2D eigenvalue weighted by Crippen LogP contribution is -2.32. The normalized spacial score (nSPS) is 14.1. The summed E-state index contributed by atoms with van der Waals surface area (Å²) in [4.78, 5) is 26.3. The smallest absolute Gasteiger partial charge is 0.258 e. The number of anilines is 2. The number of rotatable bonds is 1. The zero-order chi connectivity index (χ0) is 14.8. The SMILES string of the molecule is Cc1ccccc1C(=O)N1CCC(=O)Nc2ccccc21. The van der Waals surface area contributed by atoms with Crippen molar-refractivity contribution < 1.29 is 9.59 Å². The molecule has 0 unspecified atom stereocenters. The highest BCUT2D eigenvalue weighted by Crippen LogP contribution is 2.30. The van der Waals surface area contributed by atoms with Crippen LogP contribution >= 0.6 is 0 Å². The monoisotopic (exact) mass is 280 g/mol. The fourth-order valence-corrected chi connectivity index (χ4v) is 2.53. The van der Waals surface area contributed by atoms with Gasteiger partial charge in [0.2, 0.25) is 5.91 Å². The molecule has 0 aromatic heterocycles. The predicted octanol–water partition coefficient (Wildman–Crippen LogP) is 2.98. The molecule has 2 aromatic carbocycles. The highest BCUT2D eigenvalue weighted by atomic mass is 16.2. The Hall–Kier alpha value is -2.62. The Morgan fingerprint density at radius 3 is 2.62 bits per heavy atom. The number of aryl methyl sites for hydroxylation is 1. The van der Waals surface area contributed by atoms with Gasteiger partial charge in [-0.15, -0.1) is 0 Å². The molecule has 0 saturated heterocycles. The first-order chi connectivity index (χ1) is 10.2. The van der Waals surface area contributed by atoms with Crippen molar-refractivity contribution >= 4 is 23.2 Å². The van der Waals surface area contributed by atoms with Gasteiger partial charge in [-0.3, -0.25) is 9.59 Å². The van der Waals surface area contributed by atoms with Crippen LogP contribution in [0, 0.1) is 6.92 Å². The number of benzene rings is 2. The summed E-state index contributed by atoms with van der Waals surface area (Å²) in [5, 5.41) is 2.84. The van der Waals surface area contributed by atoms with Crippen LogP contribution in [0.5, 0.6) is 0 Å². The van der Waals surface area contributed by atoms with E-state index >= 15 is 0 Å². The van der Waals surface area contributed by atoms with Gasteiger partial charge in [0.25, 0.3) is 5.91 Å². The van der Waals surface area contributed by atoms with Crippen molar-refractivity contribution in [3.8, 4) is 0 Å². The fourth-order valence-electron chi connectivity index (χ4n) is 2.53. The molecule has 0 saturated carbocycles. The Labute approximate surface area is 123 Å². The van der Waals surface area contributed by atoms with Gasteiger partial charge in [-0.25, -0.2) is 0 Å². The molecular formula is C17H16N2O2. The van der Waals surface area contributed by atoms with E-state index < -0.39 is 0 Å². The lowest BCUT2D eigenvalue weighted by atomic mass is 10.1. The van der Waals surface area contributed by atoms with Crippen LogP contribution in [0.2, 0.25) is 0 Å². The molecule has 1 aliphatic rings. The van der Waals surface area contributed by atoms with Crippen LogP contribution in [0.4, 0.5) is 11.4 Å². The second-order valence-electron chi connectivity index (χ2n) is 5.09. The Balaban J connectivity index is 2.04. The molecule has 0 aliphatic carbocycles. The minimum Gasteiger partial charge on any atom is -0.324 e. The predicted molar refractivity (Wildman–Crippen MR) is 82.5 cm³/mol. The number of para-hydroxylation sites is 2. The quantitative estimate of drug-likeness (QED) is 0.873. The van der Waals surface area contributed by atoms with E-state index in [4.69, 9.17) is 0 Å². The molecule has 106 valence electrons. The molecule has 2 aromatic rings. The first-order valence-corrected chi connectivity index (χ1v) is 6.93. The molecule has 0 radical (unpaired) electrons. The first kappa shape index (κ1) is 13.4. The van der Waals surface area contributed by atoms with Crippen molar-refractivity contribution in [1.29, 1.82) is 0 Å². The summed E-state index contributed by atoms with van der Waals surface area (Å²) in [5.74, 6) is -0.139. The Morgan fingerprint density at radius 1 is 1.10 bits per heavy atom. The van der Waals surface area contributed by atoms with E-state index in [1.165, 1.54) is 0 Å².